The van der Waals surface area contributed by atoms with Gasteiger partial charge in [0.15, 0.2) is 5.82 Å². The zero-order valence-electron chi connectivity index (χ0n) is 7.68. The van der Waals surface area contributed by atoms with Crippen molar-refractivity contribution in [3.8, 4) is 5.95 Å². The first-order valence-corrected chi connectivity index (χ1v) is 5.04. The Labute approximate surface area is 89.7 Å². The van der Waals surface area contributed by atoms with Crippen molar-refractivity contribution >= 4 is 21.7 Å². The van der Waals surface area contributed by atoms with E-state index in [1.54, 1.807) is 17.1 Å². The number of aromatic nitrogens is 4. The second kappa shape index (κ2) is 3.45. The lowest BCUT2D eigenvalue weighted by Crippen LogP contribution is -2.05. The number of nitrogens with two attached hydrogens (primary N) is 1. The molecule has 2 N–H and O–H groups in total. The van der Waals surface area contributed by atoms with E-state index in [2.05, 4.69) is 26.0 Å². The summed E-state index contributed by atoms with van der Waals surface area (Å²) < 4.78 is 4.42. The number of imidazole rings is 1. The van der Waals surface area contributed by atoms with Gasteiger partial charge in [0.05, 0.1) is 10.7 Å². The molecular formula is C8H10BrN5. The van der Waals surface area contributed by atoms with Gasteiger partial charge in [-0.05, 0) is 22.9 Å². The number of hydrogen-bond acceptors (Lipinski definition) is 3. The number of halogens is 1. The Morgan fingerprint density at radius 1 is 1.57 bits per heavy atom. The molecule has 0 radical (unpaired) electrons. The topological polar surface area (TPSA) is 61.7 Å². The maximum Gasteiger partial charge on any atom is 0.230 e. The number of aryl methyl sites for hydroxylation is 1. The number of rotatable bonds is 2. The zero-order chi connectivity index (χ0) is 10.1. The maximum atomic E-state index is 5.62. The molecule has 2 aromatic heterocycles. The van der Waals surface area contributed by atoms with E-state index >= 15 is 0 Å². The second-order valence-corrected chi connectivity index (χ2v) is 3.67. The standard InChI is InChI=1S/C8H10BrN5/c1-2-13-4-3-11-8(13)14-5-6(9)7(10)12-14/h3-5H,2H2,1H3,(H2,10,12). The highest BCUT2D eigenvalue weighted by Crippen LogP contribution is 2.18. The minimum Gasteiger partial charge on any atom is -0.381 e. The molecule has 0 aromatic carbocycles. The molecule has 0 fully saturated rings. The predicted molar refractivity (Wildman–Crippen MR) is 57.1 cm³/mol. The summed E-state index contributed by atoms with van der Waals surface area (Å²) in [4.78, 5) is 4.20. The van der Waals surface area contributed by atoms with Crippen LogP contribution in [0.2, 0.25) is 0 Å². The summed E-state index contributed by atoms with van der Waals surface area (Å²) in [5, 5.41) is 4.13. The average molecular weight is 256 g/mol. The Morgan fingerprint density at radius 3 is 2.93 bits per heavy atom. The molecule has 0 spiro atoms. The zero-order valence-corrected chi connectivity index (χ0v) is 9.27. The van der Waals surface area contributed by atoms with E-state index in [4.69, 9.17) is 5.73 Å². The third-order valence-electron chi connectivity index (χ3n) is 1.93. The minimum atomic E-state index is 0.468. The molecule has 6 heteroatoms. The lowest BCUT2D eigenvalue weighted by atomic mass is 10.6. The molecule has 2 aromatic rings. The van der Waals surface area contributed by atoms with Crippen molar-refractivity contribution in [3.05, 3.63) is 23.1 Å². The molecule has 0 aliphatic heterocycles. The van der Waals surface area contributed by atoms with Crippen LogP contribution in [0.15, 0.2) is 23.1 Å². The van der Waals surface area contributed by atoms with Crippen molar-refractivity contribution in [2.24, 2.45) is 0 Å². The first-order valence-electron chi connectivity index (χ1n) is 4.24. The summed E-state index contributed by atoms with van der Waals surface area (Å²) in [5.41, 5.74) is 5.62. The van der Waals surface area contributed by atoms with Crippen molar-refractivity contribution in [1.82, 2.24) is 19.3 Å². The Bertz CT molecular complexity index is 425. The summed E-state index contributed by atoms with van der Waals surface area (Å²) in [6.45, 7) is 2.90. The van der Waals surface area contributed by atoms with Gasteiger partial charge in [-0.25, -0.2) is 9.67 Å². The van der Waals surface area contributed by atoms with Crippen LogP contribution in [-0.2, 0) is 6.54 Å². The number of nitrogen functional groups attached to an aromatic ring is 1. The molecule has 0 aliphatic rings. The summed E-state index contributed by atoms with van der Waals surface area (Å²) >= 11 is 3.30. The molecule has 14 heavy (non-hydrogen) atoms. The quantitative estimate of drug-likeness (QED) is 0.884. The minimum absolute atomic E-state index is 0.468. The van der Waals surface area contributed by atoms with Crippen LogP contribution in [0.1, 0.15) is 6.92 Å². The lowest BCUT2D eigenvalue weighted by molar-refractivity contribution is 0.687. The van der Waals surface area contributed by atoms with Gasteiger partial charge in [0.1, 0.15) is 0 Å². The van der Waals surface area contributed by atoms with Gasteiger partial charge in [0, 0.05) is 18.9 Å². The highest BCUT2D eigenvalue weighted by molar-refractivity contribution is 9.10. The van der Waals surface area contributed by atoms with E-state index in [9.17, 15) is 0 Å². The van der Waals surface area contributed by atoms with Crippen LogP contribution in [0.25, 0.3) is 5.95 Å². The Morgan fingerprint density at radius 2 is 2.36 bits per heavy atom. The Hall–Kier alpha value is -1.30. The summed E-state index contributed by atoms with van der Waals surface area (Å²) in [6.07, 6.45) is 5.44. The first kappa shape index (κ1) is 9.26. The van der Waals surface area contributed by atoms with Crippen LogP contribution in [0.5, 0.6) is 0 Å². The largest absolute Gasteiger partial charge is 0.381 e. The van der Waals surface area contributed by atoms with Crippen LogP contribution in [0.4, 0.5) is 5.82 Å². The molecule has 0 unspecified atom stereocenters. The molecule has 2 heterocycles. The van der Waals surface area contributed by atoms with Gasteiger partial charge in [0.25, 0.3) is 0 Å². The fraction of sp³-hybridized carbons (Fsp3) is 0.250. The van der Waals surface area contributed by atoms with Crippen molar-refractivity contribution in [2.75, 3.05) is 5.73 Å². The van der Waals surface area contributed by atoms with Gasteiger partial charge >= 0.3 is 0 Å². The molecule has 2 rings (SSSR count). The number of hydrogen-bond donors (Lipinski definition) is 1. The summed E-state index contributed by atoms with van der Waals surface area (Å²) in [5.74, 6) is 1.24. The molecule has 5 nitrogen and oxygen atoms in total. The maximum absolute atomic E-state index is 5.62. The number of nitrogens with zero attached hydrogens (tertiary/aromatic N) is 4. The smallest absolute Gasteiger partial charge is 0.230 e. The van der Waals surface area contributed by atoms with Crippen LogP contribution in [0.3, 0.4) is 0 Å². The van der Waals surface area contributed by atoms with Crippen LogP contribution >= 0.6 is 15.9 Å². The summed E-state index contributed by atoms with van der Waals surface area (Å²) in [6, 6.07) is 0. The fourth-order valence-electron chi connectivity index (χ4n) is 1.23. The van der Waals surface area contributed by atoms with E-state index in [0.29, 0.717) is 5.82 Å². The SMILES string of the molecule is CCn1ccnc1-n1cc(Br)c(N)n1. The van der Waals surface area contributed by atoms with E-state index in [1.807, 2.05) is 17.7 Å². The average Bonchev–Trinajstić information content (AvgIpc) is 2.73. The lowest BCUT2D eigenvalue weighted by Gasteiger charge is -2.02. The van der Waals surface area contributed by atoms with Gasteiger partial charge in [-0.1, -0.05) is 0 Å². The van der Waals surface area contributed by atoms with Gasteiger partial charge in [-0.3, -0.25) is 0 Å². The molecule has 0 saturated carbocycles. The molecule has 74 valence electrons. The van der Waals surface area contributed by atoms with Gasteiger partial charge in [-0.15, -0.1) is 5.10 Å². The van der Waals surface area contributed by atoms with Gasteiger partial charge in [-0.2, -0.15) is 0 Å². The molecule has 0 atom stereocenters. The molecule has 0 aliphatic carbocycles. The predicted octanol–water partition coefficient (Wildman–Crippen LogP) is 1.43. The third-order valence-corrected chi connectivity index (χ3v) is 2.55. The van der Waals surface area contributed by atoms with Crippen LogP contribution < -0.4 is 5.73 Å². The molecular weight excluding hydrogens is 246 g/mol. The van der Waals surface area contributed by atoms with Crippen LogP contribution in [0, 0.1) is 0 Å². The van der Waals surface area contributed by atoms with Crippen molar-refractivity contribution in [1.29, 1.82) is 0 Å². The van der Waals surface area contributed by atoms with Gasteiger partial charge < -0.3 is 10.3 Å². The summed E-state index contributed by atoms with van der Waals surface area (Å²) in [7, 11) is 0. The van der Waals surface area contributed by atoms with Gasteiger partial charge in [0.2, 0.25) is 5.95 Å². The second-order valence-electron chi connectivity index (χ2n) is 2.82. The molecule has 0 amide bonds. The Kier molecular flexibility index (Phi) is 2.28. The van der Waals surface area contributed by atoms with E-state index < -0.39 is 0 Å². The van der Waals surface area contributed by atoms with E-state index in [-0.39, 0.29) is 0 Å². The van der Waals surface area contributed by atoms with Crippen molar-refractivity contribution in [3.63, 3.8) is 0 Å². The monoisotopic (exact) mass is 255 g/mol. The highest BCUT2D eigenvalue weighted by atomic mass is 79.9. The van der Waals surface area contributed by atoms with Crippen molar-refractivity contribution in [2.45, 2.75) is 13.5 Å². The molecule has 0 saturated heterocycles. The third kappa shape index (κ3) is 1.41. The Balaban J connectivity index is 2.49. The normalized spacial score (nSPS) is 10.7. The van der Waals surface area contributed by atoms with Crippen molar-refractivity contribution < 1.29 is 0 Å². The first-order chi connectivity index (χ1) is 6.72. The van der Waals surface area contributed by atoms with E-state index in [1.165, 1.54) is 0 Å². The van der Waals surface area contributed by atoms with Crippen LogP contribution in [-0.4, -0.2) is 19.3 Å². The molecule has 0 bridgehead atoms. The van der Waals surface area contributed by atoms with E-state index in [0.717, 1.165) is 17.0 Å². The fourth-order valence-corrected chi connectivity index (χ4v) is 1.50. The number of anilines is 1. The highest BCUT2D eigenvalue weighted by Gasteiger charge is 2.08.